The van der Waals surface area contributed by atoms with Gasteiger partial charge in [-0.15, -0.1) is 0 Å². The van der Waals surface area contributed by atoms with Crippen LogP contribution >= 0.6 is 0 Å². The highest BCUT2D eigenvalue weighted by Crippen LogP contribution is 2.36. The van der Waals surface area contributed by atoms with Gasteiger partial charge in [0, 0.05) is 28.5 Å². The fraction of sp³-hybridized carbons (Fsp3) is 0.269. The summed E-state index contributed by atoms with van der Waals surface area (Å²) in [6.45, 7) is 3.55. The Morgan fingerprint density at radius 2 is 1.77 bits per heavy atom. The maximum Gasteiger partial charge on any atom is 0.344 e. The lowest BCUT2D eigenvalue weighted by Crippen LogP contribution is -3.12. The first-order valence-corrected chi connectivity index (χ1v) is 10.7. The largest absolute Gasteiger partial charge is 0.444 e. The summed E-state index contributed by atoms with van der Waals surface area (Å²) in [6.07, 6.45) is 3.59. The average Bonchev–Trinajstić information content (AvgIpc) is 2.79. The van der Waals surface area contributed by atoms with E-state index in [1.165, 1.54) is 40.9 Å². The second-order valence-electron chi connectivity index (χ2n) is 8.57. The SMILES string of the molecule is Cc1c2c(cc3c1oc(=O)c1ccccc13)C[NH+]([C@H]1CCCc3ccccc31)CO2. The van der Waals surface area contributed by atoms with Crippen LogP contribution < -0.4 is 15.3 Å². The molecule has 0 amide bonds. The van der Waals surface area contributed by atoms with Gasteiger partial charge in [0.05, 0.1) is 5.39 Å². The van der Waals surface area contributed by atoms with Gasteiger partial charge in [0.25, 0.3) is 0 Å². The predicted molar refractivity (Wildman–Crippen MR) is 117 cm³/mol. The zero-order valence-corrected chi connectivity index (χ0v) is 17.0. The van der Waals surface area contributed by atoms with Gasteiger partial charge in [-0.1, -0.05) is 42.5 Å². The van der Waals surface area contributed by atoms with Crippen LogP contribution in [0.3, 0.4) is 0 Å². The molecule has 1 aliphatic heterocycles. The fourth-order valence-corrected chi connectivity index (χ4v) is 5.42. The second kappa shape index (κ2) is 6.71. The molecule has 1 unspecified atom stereocenters. The Balaban J connectivity index is 1.48. The number of hydrogen-bond acceptors (Lipinski definition) is 3. The van der Waals surface area contributed by atoms with Crippen LogP contribution in [0.15, 0.2) is 63.8 Å². The minimum atomic E-state index is -0.289. The van der Waals surface area contributed by atoms with E-state index >= 15 is 0 Å². The molecule has 0 radical (unpaired) electrons. The average molecular weight is 398 g/mol. The lowest BCUT2D eigenvalue weighted by Gasteiger charge is -2.36. The molecule has 4 nitrogen and oxygen atoms in total. The number of aryl methyl sites for hydroxylation is 2. The number of quaternary nitrogens is 1. The van der Waals surface area contributed by atoms with Gasteiger partial charge in [-0.3, -0.25) is 4.90 Å². The van der Waals surface area contributed by atoms with Crippen molar-refractivity contribution in [2.24, 2.45) is 0 Å². The number of ether oxygens (including phenoxy) is 1. The van der Waals surface area contributed by atoms with Gasteiger partial charge in [0.15, 0.2) is 0 Å². The molecule has 0 saturated carbocycles. The van der Waals surface area contributed by atoms with Gasteiger partial charge >= 0.3 is 5.63 Å². The highest BCUT2D eigenvalue weighted by Gasteiger charge is 2.33. The van der Waals surface area contributed by atoms with Crippen molar-refractivity contribution in [2.75, 3.05) is 6.73 Å². The first-order valence-electron chi connectivity index (χ1n) is 10.7. The molecule has 0 spiro atoms. The molecule has 0 bridgehead atoms. The molecule has 2 heterocycles. The maximum atomic E-state index is 12.5. The third-order valence-corrected chi connectivity index (χ3v) is 6.85. The number of rotatable bonds is 1. The Labute approximate surface area is 174 Å². The zero-order valence-electron chi connectivity index (χ0n) is 17.0. The smallest absolute Gasteiger partial charge is 0.344 e. The van der Waals surface area contributed by atoms with E-state index in [-0.39, 0.29) is 5.63 Å². The minimum absolute atomic E-state index is 0.289. The van der Waals surface area contributed by atoms with Crippen molar-refractivity contribution in [3.05, 3.63) is 87.3 Å². The molecule has 0 fully saturated rings. The number of fused-ring (bicyclic) bond motifs is 5. The summed E-state index contributed by atoms with van der Waals surface area (Å²) >= 11 is 0. The maximum absolute atomic E-state index is 12.5. The Kier molecular flexibility index (Phi) is 3.96. The van der Waals surface area contributed by atoms with Gasteiger partial charge in [-0.25, -0.2) is 4.79 Å². The minimum Gasteiger partial charge on any atom is -0.444 e. The number of benzene rings is 3. The molecule has 2 aliphatic rings. The normalized spacial score (nSPS) is 20.6. The quantitative estimate of drug-likeness (QED) is 0.388. The lowest BCUT2D eigenvalue weighted by molar-refractivity contribution is -0.963. The van der Waals surface area contributed by atoms with Gasteiger partial charge < -0.3 is 9.15 Å². The van der Waals surface area contributed by atoms with Crippen LogP contribution in [0, 0.1) is 6.92 Å². The first kappa shape index (κ1) is 17.7. The highest BCUT2D eigenvalue weighted by molar-refractivity contribution is 6.06. The van der Waals surface area contributed by atoms with E-state index < -0.39 is 0 Å². The Morgan fingerprint density at radius 1 is 0.967 bits per heavy atom. The van der Waals surface area contributed by atoms with Crippen LogP contribution in [0.1, 0.15) is 41.1 Å². The van der Waals surface area contributed by atoms with Crippen molar-refractivity contribution < 1.29 is 14.1 Å². The van der Waals surface area contributed by atoms with Crippen molar-refractivity contribution in [1.82, 2.24) is 0 Å². The summed E-state index contributed by atoms with van der Waals surface area (Å²) in [4.78, 5) is 13.9. The van der Waals surface area contributed by atoms with Gasteiger partial charge in [-0.2, -0.15) is 0 Å². The van der Waals surface area contributed by atoms with Crippen LogP contribution in [0.4, 0.5) is 0 Å². The summed E-state index contributed by atoms with van der Waals surface area (Å²) in [5.74, 6) is 0.883. The van der Waals surface area contributed by atoms with Crippen molar-refractivity contribution in [2.45, 2.75) is 38.8 Å². The Hall–Kier alpha value is -3.11. The van der Waals surface area contributed by atoms with Crippen LogP contribution in [0.5, 0.6) is 5.75 Å². The molecule has 1 aliphatic carbocycles. The summed E-state index contributed by atoms with van der Waals surface area (Å²) in [7, 11) is 0. The molecule has 3 aromatic carbocycles. The summed E-state index contributed by atoms with van der Waals surface area (Å²) in [5, 5.41) is 2.58. The molecule has 4 aromatic rings. The lowest BCUT2D eigenvalue weighted by atomic mass is 9.86. The van der Waals surface area contributed by atoms with Crippen molar-refractivity contribution >= 4 is 21.7 Å². The van der Waals surface area contributed by atoms with Crippen LogP contribution in [0.2, 0.25) is 0 Å². The third-order valence-electron chi connectivity index (χ3n) is 6.85. The molecule has 0 saturated heterocycles. The van der Waals surface area contributed by atoms with E-state index in [2.05, 4.69) is 30.3 Å². The standard InChI is InChI=1S/C26H23NO3/c1-16-24-18(13-22-20-10-4-5-11-21(20)26(28)30-25(16)22)14-27(15-29-24)23-12-6-8-17-7-2-3-9-19(17)23/h2-5,7,9-11,13,23H,6,8,12,14-15H2,1H3/p+1/t23-/m0/s1. The van der Waals surface area contributed by atoms with E-state index in [1.54, 1.807) is 0 Å². The first-order chi connectivity index (χ1) is 14.7. The molecule has 4 heteroatoms. The molecular weight excluding hydrogens is 374 g/mol. The summed E-state index contributed by atoms with van der Waals surface area (Å²) < 4.78 is 12.0. The van der Waals surface area contributed by atoms with E-state index in [4.69, 9.17) is 9.15 Å². The summed E-state index contributed by atoms with van der Waals surface area (Å²) in [6, 6.07) is 19.2. The van der Waals surface area contributed by atoms with Crippen LogP contribution in [0.25, 0.3) is 21.7 Å². The van der Waals surface area contributed by atoms with Crippen LogP contribution in [-0.4, -0.2) is 6.73 Å². The van der Waals surface area contributed by atoms with Crippen molar-refractivity contribution in [3.63, 3.8) is 0 Å². The summed E-state index contributed by atoms with van der Waals surface area (Å²) in [5.41, 5.74) is 5.43. The van der Waals surface area contributed by atoms with Crippen LogP contribution in [-0.2, 0) is 13.0 Å². The molecule has 6 rings (SSSR count). The molecule has 1 N–H and O–H groups in total. The predicted octanol–water partition coefficient (Wildman–Crippen LogP) is 4.07. The van der Waals surface area contributed by atoms with Gasteiger partial charge in [0.1, 0.15) is 23.9 Å². The molecule has 2 atom stereocenters. The van der Waals surface area contributed by atoms with Gasteiger partial charge in [0.2, 0.25) is 6.73 Å². The second-order valence-corrected chi connectivity index (χ2v) is 8.57. The molecule has 150 valence electrons. The molecule has 1 aromatic heterocycles. The Bertz CT molecular complexity index is 1350. The highest BCUT2D eigenvalue weighted by atomic mass is 16.5. The van der Waals surface area contributed by atoms with Crippen molar-refractivity contribution in [3.8, 4) is 5.75 Å². The zero-order chi connectivity index (χ0) is 20.2. The fourth-order valence-electron chi connectivity index (χ4n) is 5.42. The van der Waals surface area contributed by atoms with Gasteiger partial charge in [-0.05, 0) is 42.8 Å². The number of hydrogen-bond donors (Lipinski definition) is 1. The van der Waals surface area contributed by atoms with E-state index in [1.807, 2.05) is 31.2 Å². The Morgan fingerprint density at radius 3 is 2.67 bits per heavy atom. The monoisotopic (exact) mass is 398 g/mol. The van der Waals surface area contributed by atoms with E-state index in [0.29, 0.717) is 23.7 Å². The number of nitrogens with one attached hydrogen (secondary N) is 1. The van der Waals surface area contributed by atoms with E-state index in [0.717, 1.165) is 28.6 Å². The molecule has 30 heavy (non-hydrogen) atoms. The van der Waals surface area contributed by atoms with E-state index in [9.17, 15) is 4.79 Å². The third kappa shape index (κ3) is 2.60. The van der Waals surface area contributed by atoms with Crippen molar-refractivity contribution in [1.29, 1.82) is 0 Å². The topological polar surface area (TPSA) is 43.9 Å². The molecular formula is C26H24NO3+.